The van der Waals surface area contributed by atoms with E-state index in [1.54, 1.807) is 0 Å². The molecule has 0 radical (unpaired) electrons. The summed E-state index contributed by atoms with van der Waals surface area (Å²) in [4.78, 5) is 22.0. The average Bonchev–Trinajstić information content (AvgIpc) is 2.46. The molecule has 0 aromatic rings. The van der Waals surface area contributed by atoms with E-state index in [0.717, 1.165) is 0 Å². The van der Waals surface area contributed by atoms with Crippen molar-refractivity contribution in [2.24, 2.45) is 5.41 Å². The predicted octanol–water partition coefficient (Wildman–Crippen LogP) is -0.560. The van der Waals surface area contributed by atoms with E-state index in [-0.39, 0.29) is 11.9 Å². The van der Waals surface area contributed by atoms with E-state index < -0.39 is 5.41 Å². The van der Waals surface area contributed by atoms with Crippen LogP contribution in [0.3, 0.4) is 0 Å². The van der Waals surface area contributed by atoms with Gasteiger partial charge in [-0.2, -0.15) is 0 Å². The van der Waals surface area contributed by atoms with Crippen LogP contribution in [-0.4, -0.2) is 25.0 Å². The van der Waals surface area contributed by atoms with Gasteiger partial charge in [0.25, 0.3) is 0 Å². The molecule has 2 fully saturated rings. The van der Waals surface area contributed by atoms with Crippen molar-refractivity contribution in [3.63, 3.8) is 0 Å². The van der Waals surface area contributed by atoms with Crippen LogP contribution in [0.4, 0.5) is 0 Å². The van der Waals surface area contributed by atoms with Crippen LogP contribution in [-0.2, 0) is 14.3 Å². The molecule has 2 rings (SSSR count). The van der Waals surface area contributed by atoms with Crippen LogP contribution in [0.15, 0.2) is 0 Å². The fraction of sp³-hybridized carbons (Fsp3) is 0.714. The average molecular weight is 155 g/mol. The zero-order valence-corrected chi connectivity index (χ0v) is 6.05. The van der Waals surface area contributed by atoms with E-state index >= 15 is 0 Å². The van der Waals surface area contributed by atoms with Gasteiger partial charge in [-0.3, -0.25) is 9.59 Å². The SMILES string of the molecule is O=C1C[C@]2(CCOC2=O)CN1. The Balaban J connectivity index is 2.22. The number of amides is 1. The normalized spacial score (nSPS) is 36.0. The molecule has 0 aromatic carbocycles. The van der Waals surface area contributed by atoms with Gasteiger partial charge in [-0.15, -0.1) is 0 Å². The zero-order chi connectivity index (χ0) is 7.90. The highest BCUT2D eigenvalue weighted by Gasteiger charge is 2.49. The van der Waals surface area contributed by atoms with Crippen molar-refractivity contribution in [3.05, 3.63) is 0 Å². The van der Waals surface area contributed by atoms with Crippen molar-refractivity contribution in [2.45, 2.75) is 12.8 Å². The van der Waals surface area contributed by atoms with Crippen LogP contribution in [0.2, 0.25) is 0 Å². The summed E-state index contributed by atoms with van der Waals surface area (Å²) in [5.41, 5.74) is -0.503. The molecule has 0 aliphatic carbocycles. The van der Waals surface area contributed by atoms with E-state index in [1.165, 1.54) is 0 Å². The molecule has 0 bridgehead atoms. The van der Waals surface area contributed by atoms with Crippen LogP contribution in [0.5, 0.6) is 0 Å². The van der Waals surface area contributed by atoms with Crippen molar-refractivity contribution >= 4 is 11.9 Å². The molecular weight excluding hydrogens is 146 g/mol. The Morgan fingerprint density at radius 1 is 1.45 bits per heavy atom. The van der Waals surface area contributed by atoms with Gasteiger partial charge in [0.1, 0.15) is 0 Å². The number of carbonyl (C=O) groups excluding carboxylic acids is 2. The lowest BCUT2D eigenvalue weighted by Crippen LogP contribution is -2.28. The standard InChI is InChI=1S/C7H9NO3/c9-5-3-7(4-8-5)1-2-11-6(7)10/h1-4H2,(H,8,9)/t7-/m1/s1. The van der Waals surface area contributed by atoms with Crippen molar-refractivity contribution < 1.29 is 14.3 Å². The highest BCUT2D eigenvalue weighted by atomic mass is 16.5. The minimum atomic E-state index is -0.503. The van der Waals surface area contributed by atoms with E-state index in [4.69, 9.17) is 4.74 Å². The molecule has 0 unspecified atom stereocenters. The summed E-state index contributed by atoms with van der Waals surface area (Å²) in [6.07, 6.45) is 0.996. The number of nitrogens with one attached hydrogen (secondary N) is 1. The molecular formula is C7H9NO3. The number of esters is 1. The second-order valence-electron chi connectivity index (χ2n) is 3.12. The van der Waals surface area contributed by atoms with Gasteiger partial charge in [0.05, 0.1) is 12.0 Å². The molecule has 0 saturated carbocycles. The Bertz CT molecular complexity index is 226. The Hall–Kier alpha value is -1.06. The summed E-state index contributed by atoms with van der Waals surface area (Å²) in [6.45, 7) is 0.929. The fourth-order valence-corrected chi connectivity index (χ4v) is 1.62. The van der Waals surface area contributed by atoms with Crippen LogP contribution in [0, 0.1) is 5.41 Å². The molecule has 0 aromatic heterocycles. The molecule has 60 valence electrons. The quantitative estimate of drug-likeness (QED) is 0.477. The van der Waals surface area contributed by atoms with Gasteiger partial charge in [-0.25, -0.2) is 0 Å². The predicted molar refractivity (Wildman–Crippen MR) is 35.6 cm³/mol. The summed E-state index contributed by atoms with van der Waals surface area (Å²) in [6, 6.07) is 0. The van der Waals surface area contributed by atoms with Gasteiger partial charge in [-0.1, -0.05) is 0 Å². The number of carbonyl (C=O) groups is 2. The first-order chi connectivity index (χ1) is 5.23. The number of hydrogen-bond acceptors (Lipinski definition) is 3. The van der Waals surface area contributed by atoms with Gasteiger partial charge >= 0.3 is 5.97 Å². The number of cyclic esters (lactones) is 1. The molecule has 2 saturated heterocycles. The van der Waals surface area contributed by atoms with Crippen molar-refractivity contribution in [2.75, 3.05) is 13.2 Å². The Labute approximate surface area is 63.9 Å². The van der Waals surface area contributed by atoms with Crippen molar-refractivity contribution in [1.82, 2.24) is 5.32 Å². The summed E-state index contributed by atoms with van der Waals surface area (Å²) < 4.78 is 4.81. The van der Waals surface area contributed by atoms with Crippen molar-refractivity contribution in [1.29, 1.82) is 0 Å². The lowest BCUT2D eigenvalue weighted by Gasteiger charge is -2.12. The second kappa shape index (κ2) is 1.96. The number of hydrogen-bond donors (Lipinski definition) is 1. The molecule has 1 N–H and O–H groups in total. The third kappa shape index (κ3) is 0.818. The summed E-state index contributed by atoms with van der Waals surface area (Å²) in [7, 11) is 0. The van der Waals surface area contributed by atoms with Gasteiger partial charge in [-0.05, 0) is 6.42 Å². The topological polar surface area (TPSA) is 55.4 Å². The highest BCUT2D eigenvalue weighted by Crippen LogP contribution is 2.35. The van der Waals surface area contributed by atoms with Crippen LogP contribution >= 0.6 is 0 Å². The van der Waals surface area contributed by atoms with Gasteiger partial charge in [0, 0.05) is 13.0 Å². The van der Waals surface area contributed by atoms with E-state index in [0.29, 0.717) is 26.0 Å². The minimum absolute atomic E-state index is 0.0381. The Morgan fingerprint density at radius 3 is 2.73 bits per heavy atom. The largest absolute Gasteiger partial charge is 0.465 e. The van der Waals surface area contributed by atoms with Gasteiger partial charge < -0.3 is 10.1 Å². The van der Waals surface area contributed by atoms with Gasteiger partial charge in [0.15, 0.2) is 0 Å². The first kappa shape index (κ1) is 6.64. The summed E-state index contributed by atoms with van der Waals surface area (Å²) in [5.74, 6) is -0.250. The highest BCUT2D eigenvalue weighted by molar-refractivity contribution is 5.90. The van der Waals surface area contributed by atoms with Crippen LogP contribution < -0.4 is 5.32 Å². The minimum Gasteiger partial charge on any atom is -0.465 e. The number of rotatable bonds is 0. The molecule has 1 amide bonds. The van der Waals surface area contributed by atoms with Gasteiger partial charge in [0.2, 0.25) is 5.91 Å². The smallest absolute Gasteiger partial charge is 0.314 e. The maximum atomic E-state index is 11.1. The van der Waals surface area contributed by atoms with E-state index in [1.807, 2.05) is 0 Å². The molecule has 2 aliphatic rings. The fourth-order valence-electron chi connectivity index (χ4n) is 1.62. The maximum absolute atomic E-state index is 11.1. The number of ether oxygens (including phenoxy) is 1. The molecule has 11 heavy (non-hydrogen) atoms. The molecule has 1 spiro atoms. The molecule has 1 atom stereocenters. The van der Waals surface area contributed by atoms with Crippen LogP contribution in [0.1, 0.15) is 12.8 Å². The Morgan fingerprint density at radius 2 is 2.27 bits per heavy atom. The molecule has 4 heteroatoms. The monoisotopic (exact) mass is 155 g/mol. The summed E-state index contributed by atoms with van der Waals surface area (Å²) >= 11 is 0. The molecule has 4 nitrogen and oxygen atoms in total. The van der Waals surface area contributed by atoms with E-state index in [2.05, 4.69) is 5.32 Å². The Kier molecular flexibility index (Phi) is 1.19. The second-order valence-corrected chi connectivity index (χ2v) is 3.12. The third-order valence-electron chi connectivity index (χ3n) is 2.37. The summed E-state index contributed by atoms with van der Waals surface area (Å²) in [5, 5.41) is 2.64. The lowest BCUT2D eigenvalue weighted by atomic mass is 9.86. The van der Waals surface area contributed by atoms with E-state index in [9.17, 15) is 9.59 Å². The third-order valence-corrected chi connectivity index (χ3v) is 2.37. The zero-order valence-electron chi connectivity index (χ0n) is 6.05. The maximum Gasteiger partial charge on any atom is 0.314 e. The van der Waals surface area contributed by atoms with Crippen molar-refractivity contribution in [3.8, 4) is 0 Å². The lowest BCUT2D eigenvalue weighted by molar-refractivity contribution is -0.146. The first-order valence-corrected chi connectivity index (χ1v) is 3.67. The van der Waals surface area contributed by atoms with Crippen LogP contribution in [0.25, 0.3) is 0 Å². The molecule has 2 heterocycles. The first-order valence-electron chi connectivity index (χ1n) is 3.67. The molecule has 2 aliphatic heterocycles.